The second-order valence-corrected chi connectivity index (χ2v) is 4.44. The monoisotopic (exact) mass is 241 g/mol. The molecule has 0 aromatic heterocycles. The summed E-state index contributed by atoms with van der Waals surface area (Å²) in [6, 6.07) is 5.75. The van der Waals surface area contributed by atoms with Crippen molar-refractivity contribution >= 4 is 11.6 Å². The van der Waals surface area contributed by atoms with Gasteiger partial charge in [0, 0.05) is 6.04 Å². The second kappa shape index (κ2) is 6.12. The highest BCUT2D eigenvalue weighted by Crippen LogP contribution is 2.28. The molecule has 0 radical (unpaired) electrons. The molecule has 0 spiro atoms. The molecule has 0 saturated heterocycles. The topological polar surface area (TPSA) is 35.2 Å². The molecule has 1 aromatic rings. The first kappa shape index (κ1) is 13.3. The lowest BCUT2D eigenvalue weighted by atomic mass is 10.1. The lowest BCUT2D eigenvalue weighted by Gasteiger charge is -2.17. The van der Waals surface area contributed by atoms with Gasteiger partial charge in [0.05, 0.1) is 11.1 Å². The van der Waals surface area contributed by atoms with Gasteiger partial charge in [-0.15, -0.1) is 0 Å². The average Bonchev–Trinajstić information content (AvgIpc) is 2.27. The number of hydrogen-bond acceptors (Lipinski definition) is 2. The summed E-state index contributed by atoms with van der Waals surface area (Å²) in [5.74, 6) is 0.750. The third-order valence-corrected chi connectivity index (χ3v) is 2.98. The minimum atomic E-state index is -0.000280. The summed E-state index contributed by atoms with van der Waals surface area (Å²) in [7, 11) is 0. The van der Waals surface area contributed by atoms with Crippen LogP contribution in [0.3, 0.4) is 0 Å². The number of nitrogens with two attached hydrogens (primary N) is 1. The Kier molecular flexibility index (Phi) is 5.10. The van der Waals surface area contributed by atoms with Gasteiger partial charge in [0.1, 0.15) is 5.75 Å². The molecule has 1 aromatic carbocycles. The molecule has 1 atom stereocenters. The molecule has 0 fully saturated rings. The van der Waals surface area contributed by atoms with E-state index >= 15 is 0 Å². The molecular weight excluding hydrogens is 222 g/mol. The third kappa shape index (κ3) is 3.39. The Morgan fingerprint density at radius 2 is 1.94 bits per heavy atom. The molecular formula is C13H20ClNO. The van der Waals surface area contributed by atoms with Crippen molar-refractivity contribution in [2.75, 3.05) is 0 Å². The minimum absolute atomic E-state index is 0.000280. The highest BCUT2D eigenvalue weighted by atomic mass is 35.5. The average molecular weight is 242 g/mol. The smallest absolute Gasteiger partial charge is 0.138 e. The first-order chi connectivity index (χ1) is 7.58. The maximum atomic E-state index is 6.15. The van der Waals surface area contributed by atoms with Crippen LogP contribution in [0.25, 0.3) is 0 Å². The van der Waals surface area contributed by atoms with E-state index in [1.165, 1.54) is 0 Å². The molecule has 2 N–H and O–H groups in total. The Hall–Kier alpha value is -0.730. The standard InChI is InChI=1S/C13H20ClNO/c1-4-11(5-2)16-13-7-6-10(9(3)15)8-12(13)14/h6-9,11H,4-5,15H2,1-3H3/t9-/m1/s1. The first-order valence-electron chi connectivity index (χ1n) is 5.80. The zero-order valence-corrected chi connectivity index (χ0v) is 10.9. The SMILES string of the molecule is CCC(CC)Oc1ccc([C@@H](C)N)cc1Cl. The van der Waals surface area contributed by atoms with Gasteiger partial charge in [-0.05, 0) is 37.5 Å². The molecule has 2 nitrogen and oxygen atoms in total. The van der Waals surface area contributed by atoms with Gasteiger partial charge in [0.15, 0.2) is 0 Å². The quantitative estimate of drug-likeness (QED) is 0.848. The van der Waals surface area contributed by atoms with Crippen LogP contribution in [0.1, 0.15) is 45.2 Å². The van der Waals surface area contributed by atoms with Crippen molar-refractivity contribution in [2.24, 2.45) is 5.73 Å². The van der Waals surface area contributed by atoms with Gasteiger partial charge in [-0.25, -0.2) is 0 Å². The Bertz CT molecular complexity index is 335. The zero-order valence-electron chi connectivity index (χ0n) is 10.2. The summed E-state index contributed by atoms with van der Waals surface area (Å²) in [6.45, 7) is 6.16. The molecule has 0 aliphatic heterocycles. The Balaban J connectivity index is 2.82. The van der Waals surface area contributed by atoms with Crippen LogP contribution in [0.2, 0.25) is 5.02 Å². The van der Waals surface area contributed by atoms with E-state index in [1.54, 1.807) is 0 Å². The maximum absolute atomic E-state index is 6.15. The Labute approximate surface area is 103 Å². The van der Waals surface area contributed by atoms with Crippen LogP contribution in [0.15, 0.2) is 18.2 Å². The van der Waals surface area contributed by atoms with Crippen molar-refractivity contribution in [1.29, 1.82) is 0 Å². The molecule has 0 aliphatic rings. The van der Waals surface area contributed by atoms with E-state index in [1.807, 2.05) is 25.1 Å². The maximum Gasteiger partial charge on any atom is 0.138 e. The summed E-state index contributed by atoms with van der Waals surface area (Å²) in [4.78, 5) is 0. The normalized spacial score (nSPS) is 12.9. The van der Waals surface area contributed by atoms with Gasteiger partial charge in [-0.2, -0.15) is 0 Å². The summed E-state index contributed by atoms with van der Waals surface area (Å²) < 4.78 is 5.81. The molecule has 0 unspecified atom stereocenters. The Morgan fingerprint density at radius 1 is 1.31 bits per heavy atom. The highest BCUT2D eigenvalue weighted by molar-refractivity contribution is 6.32. The lowest BCUT2D eigenvalue weighted by Crippen LogP contribution is -2.14. The van der Waals surface area contributed by atoms with Crippen LogP contribution in [0, 0.1) is 0 Å². The van der Waals surface area contributed by atoms with Crippen molar-refractivity contribution in [3.05, 3.63) is 28.8 Å². The number of halogens is 1. The van der Waals surface area contributed by atoms with E-state index in [-0.39, 0.29) is 12.1 Å². The van der Waals surface area contributed by atoms with E-state index in [0.717, 1.165) is 24.2 Å². The number of hydrogen-bond donors (Lipinski definition) is 1. The van der Waals surface area contributed by atoms with Gasteiger partial charge >= 0.3 is 0 Å². The van der Waals surface area contributed by atoms with Crippen molar-refractivity contribution in [3.63, 3.8) is 0 Å². The van der Waals surface area contributed by atoms with Gasteiger partial charge in [0.25, 0.3) is 0 Å². The molecule has 0 aliphatic carbocycles. The third-order valence-electron chi connectivity index (χ3n) is 2.69. The zero-order chi connectivity index (χ0) is 12.1. The van der Waals surface area contributed by atoms with Gasteiger partial charge in [0.2, 0.25) is 0 Å². The molecule has 0 amide bonds. The summed E-state index contributed by atoms with van der Waals surface area (Å²) in [5, 5.41) is 0.640. The molecule has 3 heteroatoms. The fourth-order valence-corrected chi connectivity index (χ4v) is 1.76. The molecule has 1 rings (SSSR count). The minimum Gasteiger partial charge on any atom is -0.489 e. The van der Waals surface area contributed by atoms with Crippen LogP contribution in [-0.2, 0) is 0 Å². The van der Waals surface area contributed by atoms with Gasteiger partial charge < -0.3 is 10.5 Å². The van der Waals surface area contributed by atoms with E-state index in [0.29, 0.717) is 5.02 Å². The van der Waals surface area contributed by atoms with E-state index in [2.05, 4.69) is 13.8 Å². The van der Waals surface area contributed by atoms with E-state index in [4.69, 9.17) is 22.1 Å². The summed E-state index contributed by atoms with van der Waals surface area (Å²) in [5.41, 5.74) is 6.82. The summed E-state index contributed by atoms with van der Waals surface area (Å²) in [6.07, 6.45) is 2.21. The Morgan fingerprint density at radius 3 is 2.38 bits per heavy atom. The van der Waals surface area contributed by atoms with Crippen LogP contribution < -0.4 is 10.5 Å². The first-order valence-corrected chi connectivity index (χ1v) is 6.17. The lowest BCUT2D eigenvalue weighted by molar-refractivity contribution is 0.193. The van der Waals surface area contributed by atoms with E-state index in [9.17, 15) is 0 Å². The number of benzene rings is 1. The van der Waals surface area contributed by atoms with Crippen molar-refractivity contribution < 1.29 is 4.74 Å². The molecule has 0 saturated carbocycles. The van der Waals surface area contributed by atoms with E-state index < -0.39 is 0 Å². The predicted molar refractivity (Wildman–Crippen MR) is 69.1 cm³/mol. The van der Waals surface area contributed by atoms with Crippen molar-refractivity contribution in [2.45, 2.75) is 45.8 Å². The van der Waals surface area contributed by atoms with Crippen molar-refractivity contribution in [3.8, 4) is 5.75 Å². The van der Waals surface area contributed by atoms with Crippen molar-refractivity contribution in [1.82, 2.24) is 0 Å². The molecule has 16 heavy (non-hydrogen) atoms. The van der Waals surface area contributed by atoms with Gasteiger partial charge in [-0.1, -0.05) is 31.5 Å². The van der Waals surface area contributed by atoms with Crippen LogP contribution in [0.5, 0.6) is 5.75 Å². The number of rotatable bonds is 5. The van der Waals surface area contributed by atoms with Crippen LogP contribution in [0.4, 0.5) is 0 Å². The van der Waals surface area contributed by atoms with Crippen LogP contribution in [-0.4, -0.2) is 6.10 Å². The predicted octanol–water partition coefficient (Wildman–Crippen LogP) is 3.93. The molecule has 90 valence electrons. The molecule has 0 heterocycles. The second-order valence-electron chi connectivity index (χ2n) is 4.03. The van der Waals surface area contributed by atoms with Gasteiger partial charge in [-0.3, -0.25) is 0 Å². The van der Waals surface area contributed by atoms with Crippen LogP contribution >= 0.6 is 11.6 Å². The summed E-state index contributed by atoms with van der Waals surface area (Å²) >= 11 is 6.15. The highest BCUT2D eigenvalue weighted by Gasteiger charge is 2.10. The fourth-order valence-electron chi connectivity index (χ4n) is 1.53. The molecule has 0 bridgehead atoms. The fraction of sp³-hybridized carbons (Fsp3) is 0.538. The largest absolute Gasteiger partial charge is 0.489 e. The number of ether oxygens (including phenoxy) is 1.